The first-order valence-corrected chi connectivity index (χ1v) is 12.1. The number of anilines is 1. The average molecular weight is 487 g/mol. The Labute approximate surface area is 183 Å². The van der Waals surface area contributed by atoms with E-state index in [0.717, 1.165) is 16.8 Å². The van der Waals surface area contributed by atoms with Crippen LogP contribution in [0.1, 0.15) is 35.4 Å². The summed E-state index contributed by atoms with van der Waals surface area (Å²) in [5, 5.41) is 30.0. The first-order chi connectivity index (χ1) is 14.3. The summed E-state index contributed by atoms with van der Waals surface area (Å²) >= 11 is 3.54. The fraction of sp³-hybridized carbons (Fsp3) is 0.350. The molecule has 0 radical (unpaired) electrons. The summed E-state index contributed by atoms with van der Waals surface area (Å²) in [5.74, 6) is 0.285. The van der Waals surface area contributed by atoms with Crippen molar-refractivity contribution in [2.75, 3.05) is 24.7 Å². The Balaban J connectivity index is 1.78. The van der Waals surface area contributed by atoms with E-state index >= 15 is 0 Å². The lowest BCUT2D eigenvalue weighted by Crippen LogP contribution is -2.39. The predicted molar refractivity (Wildman–Crippen MR) is 115 cm³/mol. The molecule has 30 heavy (non-hydrogen) atoms. The van der Waals surface area contributed by atoms with Crippen LogP contribution in [0.4, 0.5) is 5.82 Å². The molecule has 8 nitrogen and oxygen atoms in total. The number of sulfonamides is 1. The van der Waals surface area contributed by atoms with Crippen LogP contribution < -0.4 is 5.32 Å². The van der Waals surface area contributed by atoms with E-state index < -0.39 is 10.0 Å². The maximum Gasteiger partial charge on any atom is 0.211 e. The number of aromatic nitrogens is 2. The van der Waals surface area contributed by atoms with Crippen molar-refractivity contribution in [1.29, 1.82) is 10.5 Å². The fourth-order valence-corrected chi connectivity index (χ4v) is 5.69. The number of nitriles is 2. The lowest BCUT2D eigenvalue weighted by atomic mass is 9.79. The number of halogens is 1. The van der Waals surface area contributed by atoms with Crippen LogP contribution in [0.3, 0.4) is 0 Å². The molecule has 0 saturated carbocycles. The molecule has 1 aromatic carbocycles. The molecule has 4 rings (SSSR count). The van der Waals surface area contributed by atoms with E-state index in [0.29, 0.717) is 47.4 Å². The number of H-pyrrole nitrogens is 1. The SMILES string of the molecule is CS(=O)(=O)N1CCC(C2=C(C#N)C(c3cccc(C#N)c3Br)c3c[nH]nc3N2)CC1. The van der Waals surface area contributed by atoms with Gasteiger partial charge in [-0.2, -0.15) is 15.6 Å². The monoisotopic (exact) mass is 486 g/mol. The van der Waals surface area contributed by atoms with Crippen molar-refractivity contribution in [3.8, 4) is 12.1 Å². The summed E-state index contributed by atoms with van der Waals surface area (Å²) in [5.41, 5.74) is 3.50. The molecule has 0 amide bonds. The van der Waals surface area contributed by atoms with E-state index in [1.54, 1.807) is 18.3 Å². The smallest absolute Gasteiger partial charge is 0.211 e. The minimum Gasteiger partial charge on any atom is -0.341 e. The van der Waals surface area contributed by atoms with Gasteiger partial charge in [0.25, 0.3) is 0 Å². The van der Waals surface area contributed by atoms with Crippen molar-refractivity contribution >= 4 is 31.8 Å². The van der Waals surface area contributed by atoms with E-state index in [4.69, 9.17) is 0 Å². The molecule has 10 heteroatoms. The van der Waals surface area contributed by atoms with Crippen LogP contribution in [0.5, 0.6) is 0 Å². The highest BCUT2D eigenvalue weighted by Gasteiger charge is 2.37. The first kappa shape index (κ1) is 20.6. The second kappa shape index (κ2) is 7.88. The highest BCUT2D eigenvalue weighted by Crippen LogP contribution is 2.46. The van der Waals surface area contributed by atoms with Gasteiger partial charge in [0.05, 0.1) is 29.4 Å². The molecule has 1 saturated heterocycles. The summed E-state index contributed by atoms with van der Waals surface area (Å²) in [7, 11) is -3.23. The predicted octanol–water partition coefficient (Wildman–Crippen LogP) is 3.05. The highest BCUT2D eigenvalue weighted by molar-refractivity contribution is 9.10. The van der Waals surface area contributed by atoms with Gasteiger partial charge in [0.1, 0.15) is 6.07 Å². The quantitative estimate of drug-likeness (QED) is 0.686. The molecule has 2 aliphatic heterocycles. The number of rotatable bonds is 3. The van der Waals surface area contributed by atoms with Gasteiger partial charge in [0.2, 0.25) is 10.0 Å². The van der Waals surface area contributed by atoms with Gasteiger partial charge >= 0.3 is 0 Å². The topological polar surface area (TPSA) is 126 Å². The van der Waals surface area contributed by atoms with Crippen LogP contribution in [0.2, 0.25) is 0 Å². The second-order valence-electron chi connectivity index (χ2n) is 7.44. The number of piperidine rings is 1. The summed E-state index contributed by atoms with van der Waals surface area (Å²) < 4.78 is 25.8. The molecule has 2 aromatic rings. The molecule has 0 bridgehead atoms. The Morgan fingerprint density at radius 2 is 1.93 bits per heavy atom. The van der Waals surface area contributed by atoms with Crippen molar-refractivity contribution in [1.82, 2.24) is 14.5 Å². The van der Waals surface area contributed by atoms with Gasteiger partial charge in [0.15, 0.2) is 5.82 Å². The van der Waals surface area contributed by atoms with Gasteiger partial charge < -0.3 is 5.32 Å². The average Bonchev–Trinajstić information content (AvgIpc) is 3.20. The number of fused-ring (bicyclic) bond motifs is 1. The molecule has 154 valence electrons. The van der Waals surface area contributed by atoms with Gasteiger partial charge in [-0.3, -0.25) is 5.10 Å². The number of hydrogen-bond donors (Lipinski definition) is 2. The van der Waals surface area contributed by atoms with Crippen LogP contribution in [0.25, 0.3) is 0 Å². The number of benzene rings is 1. The Morgan fingerprint density at radius 3 is 2.57 bits per heavy atom. The number of aromatic amines is 1. The second-order valence-corrected chi connectivity index (χ2v) is 10.2. The lowest BCUT2D eigenvalue weighted by Gasteiger charge is -2.35. The zero-order chi connectivity index (χ0) is 21.5. The largest absolute Gasteiger partial charge is 0.341 e. The Bertz CT molecular complexity index is 1210. The molecule has 2 N–H and O–H groups in total. The zero-order valence-electron chi connectivity index (χ0n) is 16.2. The van der Waals surface area contributed by atoms with Crippen molar-refractivity contribution in [2.45, 2.75) is 18.8 Å². The summed E-state index contributed by atoms with van der Waals surface area (Å²) in [4.78, 5) is 0. The molecular weight excluding hydrogens is 468 g/mol. The van der Waals surface area contributed by atoms with Crippen molar-refractivity contribution in [3.05, 3.63) is 56.8 Å². The standard InChI is InChI=1S/C20H19BrN6O2S/c1-30(28,29)27-7-5-12(6-8-27)19-15(10-23)17(16-11-24-26-20(16)25-19)14-4-2-3-13(9-22)18(14)21/h2-4,11-12,17H,5-8H2,1H3,(H2,24,25,26). The maximum atomic E-state index is 11.9. The van der Waals surface area contributed by atoms with E-state index in [-0.39, 0.29) is 11.8 Å². The van der Waals surface area contributed by atoms with Crippen LogP contribution in [0, 0.1) is 28.6 Å². The van der Waals surface area contributed by atoms with Crippen molar-refractivity contribution < 1.29 is 8.42 Å². The normalized spacial score (nSPS) is 20.2. The molecule has 3 heterocycles. The third kappa shape index (κ3) is 3.52. The maximum absolute atomic E-state index is 11.9. The van der Waals surface area contributed by atoms with Gasteiger partial charge in [-0.1, -0.05) is 12.1 Å². The van der Waals surface area contributed by atoms with Crippen LogP contribution in [-0.2, 0) is 10.0 Å². The minimum atomic E-state index is -3.23. The van der Waals surface area contributed by atoms with Gasteiger partial charge in [-0.05, 0) is 40.4 Å². The number of allylic oxidation sites excluding steroid dienone is 2. The van der Waals surface area contributed by atoms with E-state index in [1.165, 1.54) is 10.6 Å². The van der Waals surface area contributed by atoms with Crippen LogP contribution in [0.15, 0.2) is 40.1 Å². The third-order valence-corrected chi connectivity index (χ3v) is 7.91. The molecule has 0 spiro atoms. The summed E-state index contributed by atoms with van der Waals surface area (Å²) in [6, 6.07) is 9.98. The third-order valence-electron chi connectivity index (χ3n) is 5.72. The number of nitrogens with zero attached hydrogens (tertiary/aromatic N) is 4. The minimum absolute atomic E-state index is 0.0166. The van der Waals surface area contributed by atoms with Gasteiger partial charge in [-0.25, -0.2) is 12.7 Å². The van der Waals surface area contributed by atoms with Crippen molar-refractivity contribution in [3.63, 3.8) is 0 Å². The van der Waals surface area contributed by atoms with E-state index in [9.17, 15) is 18.9 Å². The first-order valence-electron chi connectivity index (χ1n) is 9.43. The Morgan fingerprint density at radius 1 is 1.20 bits per heavy atom. The summed E-state index contributed by atoms with van der Waals surface area (Å²) in [6.07, 6.45) is 4.22. The van der Waals surface area contributed by atoms with E-state index in [2.05, 4.69) is 43.6 Å². The number of hydrogen-bond acceptors (Lipinski definition) is 6. The molecule has 2 aliphatic rings. The molecule has 0 aliphatic carbocycles. The van der Waals surface area contributed by atoms with E-state index in [1.807, 2.05) is 6.07 Å². The Kier molecular flexibility index (Phi) is 5.41. The number of nitrogens with one attached hydrogen (secondary N) is 2. The molecular formula is C20H19BrN6O2S. The highest BCUT2D eigenvalue weighted by atomic mass is 79.9. The zero-order valence-corrected chi connectivity index (χ0v) is 18.6. The van der Waals surface area contributed by atoms with Crippen LogP contribution in [-0.4, -0.2) is 42.3 Å². The van der Waals surface area contributed by atoms with Gasteiger partial charge in [-0.15, -0.1) is 0 Å². The molecule has 1 unspecified atom stereocenters. The molecule has 1 fully saturated rings. The Hall–Kier alpha value is -2.66. The molecule has 1 atom stereocenters. The van der Waals surface area contributed by atoms with Crippen LogP contribution >= 0.6 is 15.9 Å². The van der Waals surface area contributed by atoms with Gasteiger partial charge in [0, 0.05) is 40.9 Å². The summed E-state index contributed by atoms with van der Waals surface area (Å²) in [6.45, 7) is 0.832. The van der Waals surface area contributed by atoms with Crippen molar-refractivity contribution in [2.24, 2.45) is 5.92 Å². The molecule has 1 aromatic heterocycles. The fourth-order valence-electron chi connectivity index (χ4n) is 4.23. The lowest BCUT2D eigenvalue weighted by molar-refractivity contribution is 0.299.